The van der Waals surface area contributed by atoms with E-state index in [1.807, 2.05) is 4.72 Å². The van der Waals surface area contributed by atoms with Crippen LogP contribution < -0.4 is 14.8 Å². The van der Waals surface area contributed by atoms with Crippen molar-refractivity contribution in [2.45, 2.75) is 18.7 Å². The van der Waals surface area contributed by atoms with Crippen molar-refractivity contribution in [2.75, 3.05) is 12.4 Å². The third-order valence-corrected chi connectivity index (χ3v) is 4.52. The molecule has 2 rings (SSSR count). The minimum atomic E-state index is -4.09. The second-order valence-electron chi connectivity index (χ2n) is 5.21. The van der Waals surface area contributed by atoms with Crippen molar-refractivity contribution in [1.82, 2.24) is 14.7 Å². The SMILES string of the molecule is C=C(C)c1ccccc1S(=O)(=O)NC(=O)Nc1nc(C)cc(OC)n1. The summed E-state index contributed by atoms with van der Waals surface area (Å²) in [6, 6.07) is 6.85. The lowest BCUT2D eigenvalue weighted by Gasteiger charge is -2.12. The zero-order valence-electron chi connectivity index (χ0n) is 14.0. The quantitative estimate of drug-likeness (QED) is 0.845. The van der Waals surface area contributed by atoms with Gasteiger partial charge in [-0.15, -0.1) is 0 Å². The Hall–Kier alpha value is -2.94. The van der Waals surface area contributed by atoms with Gasteiger partial charge in [-0.2, -0.15) is 4.98 Å². The molecule has 0 bridgehead atoms. The van der Waals surface area contributed by atoms with Crippen LogP contribution in [0.25, 0.3) is 5.57 Å². The molecular formula is C16H18N4O4S. The minimum absolute atomic E-state index is 0.0413. The standard InChI is InChI=1S/C16H18N4O4S/c1-10(2)12-7-5-6-8-13(12)25(22,23)20-16(21)19-15-17-11(3)9-14(18-15)24-4/h5-9H,1H2,2-4H3,(H2,17,18,19,20,21). The third kappa shape index (κ3) is 4.54. The van der Waals surface area contributed by atoms with E-state index in [1.165, 1.54) is 13.2 Å². The third-order valence-electron chi connectivity index (χ3n) is 3.13. The smallest absolute Gasteiger partial charge is 0.335 e. The summed E-state index contributed by atoms with van der Waals surface area (Å²) in [5.74, 6) is 0.177. The lowest BCUT2D eigenvalue weighted by Crippen LogP contribution is -2.35. The fourth-order valence-electron chi connectivity index (χ4n) is 2.06. The van der Waals surface area contributed by atoms with Gasteiger partial charge in [0.1, 0.15) is 0 Å². The molecule has 0 atom stereocenters. The second kappa shape index (κ2) is 7.31. The number of sulfonamides is 1. The molecule has 9 heteroatoms. The number of hydrogen-bond acceptors (Lipinski definition) is 6. The molecule has 0 aliphatic carbocycles. The van der Waals surface area contributed by atoms with Crippen LogP contribution in [0.2, 0.25) is 0 Å². The lowest BCUT2D eigenvalue weighted by molar-refractivity contribution is 0.256. The molecule has 2 amide bonds. The number of aromatic nitrogens is 2. The molecular weight excluding hydrogens is 344 g/mol. The maximum absolute atomic E-state index is 12.5. The number of ether oxygens (including phenoxy) is 1. The Bertz CT molecular complexity index is 925. The molecule has 8 nitrogen and oxygen atoms in total. The fourth-order valence-corrected chi connectivity index (χ4v) is 3.25. The van der Waals surface area contributed by atoms with Gasteiger partial charge in [0.05, 0.1) is 12.0 Å². The second-order valence-corrected chi connectivity index (χ2v) is 6.86. The molecule has 0 aliphatic rings. The number of carbonyl (C=O) groups excluding carboxylic acids is 1. The monoisotopic (exact) mass is 362 g/mol. The number of nitrogens with one attached hydrogen (secondary N) is 2. The Balaban J connectivity index is 2.23. The molecule has 2 N–H and O–H groups in total. The molecule has 0 aliphatic heterocycles. The molecule has 0 fully saturated rings. The summed E-state index contributed by atoms with van der Waals surface area (Å²) in [6.07, 6.45) is 0. The van der Waals surface area contributed by atoms with Crippen LogP contribution in [0.1, 0.15) is 18.2 Å². The van der Waals surface area contributed by atoms with Gasteiger partial charge in [-0.3, -0.25) is 5.32 Å². The summed E-state index contributed by atoms with van der Waals surface area (Å²) in [7, 11) is -2.67. The van der Waals surface area contributed by atoms with E-state index in [4.69, 9.17) is 4.74 Å². The first-order chi connectivity index (χ1) is 11.7. The Morgan fingerprint density at radius 3 is 2.56 bits per heavy atom. The highest BCUT2D eigenvalue weighted by Gasteiger charge is 2.21. The van der Waals surface area contributed by atoms with Gasteiger partial charge >= 0.3 is 6.03 Å². The number of aryl methyl sites for hydroxylation is 1. The van der Waals surface area contributed by atoms with E-state index < -0.39 is 16.1 Å². The number of carbonyl (C=O) groups is 1. The van der Waals surface area contributed by atoms with Crippen LogP contribution in [-0.4, -0.2) is 31.5 Å². The largest absolute Gasteiger partial charge is 0.481 e. The van der Waals surface area contributed by atoms with Gasteiger partial charge in [-0.05, 0) is 31.1 Å². The van der Waals surface area contributed by atoms with Crippen LogP contribution in [0.5, 0.6) is 5.88 Å². The van der Waals surface area contributed by atoms with Crippen molar-refractivity contribution in [3.05, 3.63) is 48.2 Å². The number of nitrogens with zero attached hydrogens (tertiary/aromatic N) is 2. The van der Waals surface area contributed by atoms with Crippen LogP contribution in [0.3, 0.4) is 0 Å². The number of allylic oxidation sites excluding steroid dienone is 1. The number of hydrogen-bond donors (Lipinski definition) is 2. The number of methoxy groups -OCH3 is 1. The molecule has 25 heavy (non-hydrogen) atoms. The summed E-state index contributed by atoms with van der Waals surface area (Å²) < 4.78 is 31.9. The Kier molecular flexibility index (Phi) is 5.38. The number of amides is 2. The predicted molar refractivity (Wildman–Crippen MR) is 93.8 cm³/mol. The van der Waals surface area contributed by atoms with Gasteiger partial charge in [0.25, 0.3) is 10.0 Å². The van der Waals surface area contributed by atoms with E-state index in [9.17, 15) is 13.2 Å². The summed E-state index contributed by atoms with van der Waals surface area (Å²) >= 11 is 0. The van der Waals surface area contributed by atoms with E-state index in [0.717, 1.165) is 0 Å². The summed E-state index contributed by atoms with van der Waals surface area (Å²) in [5, 5.41) is 2.28. The molecule has 1 aromatic heterocycles. The molecule has 0 saturated heterocycles. The van der Waals surface area contributed by atoms with Crippen LogP contribution >= 0.6 is 0 Å². The first-order valence-electron chi connectivity index (χ1n) is 7.21. The topological polar surface area (TPSA) is 110 Å². The molecule has 1 heterocycles. The van der Waals surface area contributed by atoms with Crippen molar-refractivity contribution < 1.29 is 17.9 Å². The number of benzene rings is 1. The lowest BCUT2D eigenvalue weighted by atomic mass is 10.1. The van der Waals surface area contributed by atoms with E-state index >= 15 is 0 Å². The zero-order valence-corrected chi connectivity index (χ0v) is 14.8. The summed E-state index contributed by atoms with van der Waals surface area (Å²) in [5.41, 5.74) is 1.54. The maximum atomic E-state index is 12.5. The van der Waals surface area contributed by atoms with E-state index in [1.54, 1.807) is 38.1 Å². The Morgan fingerprint density at radius 1 is 1.24 bits per heavy atom. The van der Waals surface area contributed by atoms with Gasteiger partial charge in [-0.1, -0.05) is 24.8 Å². The first kappa shape index (κ1) is 18.4. The van der Waals surface area contributed by atoms with E-state index in [-0.39, 0.29) is 16.7 Å². The highest BCUT2D eigenvalue weighted by Crippen LogP contribution is 2.21. The number of anilines is 1. The minimum Gasteiger partial charge on any atom is -0.481 e. The van der Waals surface area contributed by atoms with Gasteiger partial charge in [0.15, 0.2) is 0 Å². The van der Waals surface area contributed by atoms with Crippen LogP contribution in [0.15, 0.2) is 41.8 Å². The van der Waals surface area contributed by atoms with Crippen molar-refractivity contribution >= 4 is 27.6 Å². The molecule has 0 saturated carbocycles. The molecule has 2 aromatic rings. The van der Waals surface area contributed by atoms with Crippen molar-refractivity contribution in [1.29, 1.82) is 0 Å². The van der Waals surface area contributed by atoms with Gasteiger partial charge in [0, 0.05) is 11.8 Å². The highest BCUT2D eigenvalue weighted by atomic mass is 32.2. The average Bonchev–Trinajstić information content (AvgIpc) is 2.53. The molecule has 0 spiro atoms. The Morgan fingerprint density at radius 2 is 1.92 bits per heavy atom. The number of urea groups is 1. The zero-order chi connectivity index (χ0) is 18.6. The highest BCUT2D eigenvalue weighted by molar-refractivity contribution is 7.90. The first-order valence-corrected chi connectivity index (χ1v) is 8.69. The van der Waals surface area contributed by atoms with Gasteiger partial charge in [0.2, 0.25) is 11.8 Å². The van der Waals surface area contributed by atoms with Crippen LogP contribution in [0, 0.1) is 6.92 Å². The van der Waals surface area contributed by atoms with Crippen molar-refractivity contribution in [3.63, 3.8) is 0 Å². The average molecular weight is 362 g/mol. The van der Waals surface area contributed by atoms with Crippen molar-refractivity contribution in [3.8, 4) is 5.88 Å². The molecule has 132 valence electrons. The molecule has 0 unspecified atom stereocenters. The van der Waals surface area contributed by atoms with E-state index in [2.05, 4.69) is 21.9 Å². The maximum Gasteiger partial charge on any atom is 0.335 e. The van der Waals surface area contributed by atoms with E-state index in [0.29, 0.717) is 16.8 Å². The van der Waals surface area contributed by atoms with Crippen molar-refractivity contribution in [2.24, 2.45) is 0 Å². The van der Waals surface area contributed by atoms with Crippen LogP contribution in [0.4, 0.5) is 10.7 Å². The van der Waals surface area contributed by atoms with Gasteiger partial charge < -0.3 is 4.74 Å². The molecule has 0 radical (unpaired) electrons. The summed E-state index contributed by atoms with van der Waals surface area (Å²) in [6.45, 7) is 7.12. The predicted octanol–water partition coefficient (Wildman–Crippen LogP) is 2.34. The Labute approximate surface area is 146 Å². The number of rotatable bonds is 5. The molecule has 1 aromatic carbocycles. The summed E-state index contributed by atoms with van der Waals surface area (Å²) in [4.78, 5) is 19.9. The van der Waals surface area contributed by atoms with Crippen LogP contribution in [-0.2, 0) is 10.0 Å². The van der Waals surface area contributed by atoms with Gasteiger partial charge in [-0.25, -0.2) is 22.9 Å². The normalized spacial score (nSPS) is 10.8. The fraction of sp³-hybridized carbons (Fsp3) is 0.188.